The Labute approximate surface area is 137 Å². The zero-order chi connectivity index (χ0) is 16.1. The molecule has 5 heteroatoms. The zero-order valence-corrected chi connectivity index (χ0v) is 14.3. The highest BCUT2D eigenvalue weighted by atomic mass is 35.5. The van der Waals surface area contributed by atoms with Gasteiger partial charge in [0, 0.05) is 29.0 Å². The van der Waals surface area contributed by atoms with Gasteiger partial charge in [-0.05, 0) is 43.9 Å². The Morgan fingerprint density at radius 3 is 2.64 bits per heavy atom. The molecule has 0 spiro atoms. The van der Waals surface area contributed by atoms with Crippen LogP contribution >= 0.6 is 11.6 Å². The van der Waals surface area contributed by atoms with Crippen LogP contribution in [0.15, 0.2) is 24.3 Å². The standard InChI is InChI=1S/C17H23ClN4/c1-11(2)7-8-19-16-9-13(4)20-17(22-16)21-15-10-14(18)6-5-12(15)3/h5-6,9-11H,7-8H2,1-4H3,(H2,19,20,21,22). The number of rotatable bonds is 6. The van der Waals surface area contributed by atoms with E-state index in [0.717, 1.165) is 35.7 Å². The van der Waals surface area contributed by atoms with E-state index >= 15 is 0 Å². The van der Waals surface area contributed by atoms with E-state index in [1.54, 1.807) is 0 Å². The minimum atomic E-state index is 0.581. The summed E-state index contributed by atoms with van der Waals surface area (Å²) in [7, 11) is 0. The van der Waals surface area contributed by atoms with Gasteiger partial charge in [-0.25, -0.2) is 4.98 Å². The van der Waals surface area contributed by atoms with Gasteiger partial charge in [0.2, 0.25) is 5.95 Å². The Bertz CT molecular complexity index is 641. The summed E-state index contributed by atoms with van der Waals surface area (Å²) in [6.07, 6.45) is 1.11. The van der Waals surface area contributed by atoms with Crippen molar-refractivity contribution in [3.8, 4) is 0 Å². The minimum absolute atomic E-state index is 0.581. The minimum Gasteiger partial charge on any atom is -0.370 e. The summed E-state index contributed by atoms with van der Waals surface area (Å²) in [6.45, 7) is 9.31. The lowest BCUT2D eigenvalue weighted by molar-refractivity contribution is 0.606. The van der Waals surface area contributed by atoms with Crippen LogP contribution in [0.1, 0.15) is 31.5 Å². The molecule has 0 amide bonds. The molecule has 0 bridgehead atoms. The van der Waals surface area contributed by atoms with Gasteiger partial charge >= 0.3 is 0 Å². The van der Waals surface area contributed by atoms with Gasteiger partial charge in [-0.3, -0.25) is 0 Å². The largest absolute Gasteiger partial charge is 0.370 e. The average molecular weight is 319 g/mol. The van der Waals surface area contributed by atoms with Gasteiger partial charge < -0.3 is 10.6 Å². The molecule has 0 aliphatic rings. The highest BCUT2D eigenvalue weighted by Gasteiger charge is 2.05. The maximum atomic E-state index is 6.05. The van der Waals surface area contributed by atoms with Crippen molar-refractivity contribution in [2.45, 2.75) is 34.1 Å². The summed E-state index contributed by atoms with van der Waals surface area (Å²) < 4.78 is 0. The number of nitrogens with one attached hydrogen (secondary N) is 2. The van der Waals surface area contributed by atoms with E-state index in [1.165, 1.54) is 0 Å². The van der Waals surface area contributed by atoms with Crippen LogP contribution in [-0.2, 0) is 0 Å². The van der Waals surface area contributed by atoms with Gasteiger partial charge in [0.25, 0.3) is 0 Å². The molecule has 0 saturated carbocycles. The van der Waals surface area contributed by atoms with E-state index in [-0.39, 0.29) is 0 Å². The van der Waals surface area contributed by atoms with Gasteiger partial charge in [-0.15, -0.1) is 0 Å². The predicted molar refractivity (Wildman–Crippen MR) is 94.2 cm³/mol. The molecule has 2 aromatic rings. The Morgan fingerprint density at radius 1 is 1.14 bits per heavy atom. The van der Waals surface area contributed by atoms with E-state index < -0.39 is 0 Å². The maximum Gasteiger partial charge on any atom is 0.229 e. The second-order valence-electron chi connectivity index (χ2n) is 5.91. The van der Waals surface area contributed by atoms with Crippen molar-refractivity contribution in [1.82, 2.24) is 9.97 Å². The third kappa shape index (κ3) is 4.88. The first-order chi connectivity index (χ1) is 10.4. The number of halogens is 1. The maximum absolute atomic E-state index is 6.05. The quantitative estimate of drug-likeness (QED) is 0.791. The van der Waals surface area contributed by atoms with E-state index in [2.05, 4.69) is 34.4 Å². The molecule has 22 heavy (non-hydrogen) atoms. The number of benzene rings is 1. The second kappa shape index (κ2) is 7.45. The van der Waals surface area contributed by atoms with Gasteiger partial charge in [0.15, 0.2) is 0 Å². The number of hydrogen-bond donors (Lipinski definition) is 2. The fourth-order valence-corrected chi connectivity index (χ4v) is 2.23. The fourth-order valence-electron chi connectivity index (χ4n) is 2.05. The molecule has 2 rings (SSSR count). The molecule has 1 heterocycles. The lowest BCUT2D eigenvalue weighted by Gasteiger charge is -2.12. The Hall–Kier alpha value is -1.81. The number of hydrogen-bond acceptors (Lipinski definition) is 4. The molecule has 2 N–H and O–H groups in total. The molecule has 4 nitrogen and oxygen atoms in total. The molecule has 0 unspecified atom stereocenters. The highest BCUT2D eigenvalue weighted by molar-refractivity contribution is 6.30. The molecule has 1 aromatic carbocycles. The van der Waals surface area contributed by atoms with E-state index in [1.807, 2.05) is 38.1 Å². The van der Waals surface area contributed by atoms with Gasteiger partial charge in [-0.2, -0.15) is 4.98 Å². The normalized spacial score (nSPS) is 10.8. The Kier molecular flexibility index (Phi) is 5.61. The Balaban J connectivity index is 2.13. The molecule has 1 aromatic heterocycles. The smallest absolute Gasteiger partial charge is 0.229 e. The van der Waals surface area contributed by atoms with Gasteiger partial charge in [0.05, 0.1) is 0 Å². The topological polar surface area (TPSA) is 49.8 Å². The van der Waals surface area contributed by atoms with Gasteiger partial charge in [0.1, 0.15) is 5.82 Å². The van der Waals surface area contributed by atoms with Crippen molar-refractivity contribution in [2.75, 3.05) is 17.2 Å². The van der Waals surface area contributed by atoms with Crippen molar-refractivity contribution in [3.05, 3.63) is 40.5 Å². The Morgan fingerprint density at radius 2 is 1.91 bits per heavy atom. The summed E-state index contributed by atoms with van der Waals surface area (Å²) in [5.41, 5.74) is 2.94. The number of nitrogens with zero attached hydrogens (tertiary/aromatic N) is 2. The van der Waals surface area contributed by atoms with Crippen LogP contribution in [-0.4, -0.2) is 16.5 Å². The van der Waals surface area contributed by atoms with Crippen molar-refractivity contribution >= 4 is 29.1 Å². The summed E-state index contributed by atoms with van der Waals surface area (Å²) >= 11 is 6.05. The summed E-state index contributed by atoms with van der Waals surface area (Å²) in [6, 6.07) is 7.69. The summed E-state index contributed by atoms with van der Waals surface area (Å²) in [4.78, 5) is 8.96. The van der Waals surface area contributed by atoms with Crippen LogP contribution in [0, 0.1) is 19.8 Å². The zero-order valence-electron chi connectivity index (χ0n) is 13.6. The first-order valence-electron chi connectivity index (χ1n) is 7.57. The first-order valence-corrected chi connectivity index (χ1v) is 7.94. The average Bonchev–Trinajstić information content (AvgIpc) is 2.42. The van der Waals surface area contributed by atoms with E-state index in [9.17, 15) is 0 Å². The fraction of sp³-hybridized carbons (Fsp3) is 0.412. The third-order valence-corrected chi connectivity index (χ3v) is 3.56. The van der Waals surface area contributed by atoms with E-state index in [0.29, 0.717) is 16.9 Å². The molecule has 0 radical (unpaired) electrons. The SMILES string of the molecule is Cc1cc(NCCC(C)C)nc(Nc2cc(Cl)ccc2C)n1. The van der Waals surface area contributed by atoms with Crippen LogP contribution in [0.25, 0.3) is 0 Å². The van der Waals surface area contributed by atoms with Crippen LogP contribution in [0.2, 0.25) is 5.02 Å². The number of aryl methyl sites for hydroxylation is 2. The van der Waals surface area contributed by atoms with Crippen molar-refractivity contribution in [1.29, 1.82) is 0 Å². The molecular formula is C17H23ClN4. The summed E-state index contributed by atoms with van der Waals surface area (Å²) in [5, 5.41) is 7.29. The highest BCUT2D eigenvalue weighted by Crippen LogP contribution is 2.23. The van der Waals surface area contributed by atoms with Crippen LogP contribution in [0.3, 0.4) is 0 Å². The van der Waals surface area contributed by atoms with E-state index in [4.69, 9.17) is 11.6 Å². The molecule has 118 valence electrons. The second-order valence-corrected chi connectivity index (χ2v) is 6.35. The van der Waals surface area contributed by atoms with Gasteiger partial charge in [-0.1, -0.05) is 31.5 Å². The number of aromatic nitrogens is 2. The molecule has 0 fully saturated rings. The van der Waals surface area contributed by atoms with Crippen molar-refractivity contribution in [2.24, 2.45) is 5.92 Å². The first kappa shape index (κ1) is 16.6. The molecule has 0 aliphatic heterocycles. The van der Waals surface area contributed by atoms with Crippen molar-refractivity contribution in [3.63, 3.8) is 0 Å². The summed E-state index contributed by atoms with van der Waals surface area (Å²) in [5.74, 6) is 2.09. The lowest BCUT2D eigenvalue weighted by atomic mass is 10.1. The van der Waals surface area contributed by atoms with Crippen LogP contribution in [0.4, 0.5) is 17.5 Å². The van der Waals surface area contributed by atoms with Crippen LogP contribution < -0.4 is 10.6 Å². The predicted octanol–water partition coefficient (Wildman–Crippen LogP) is 4.95. The molecule has 0 aliphatic carbocycles. The molecule has 0 saturated heterocycles. The molecule has 0 atom stereocenters. The molecular weight excluding hydrogens is 296 g/mol. The van der Waals surface area contributed by atoms with Crippen molar-refractivity contribution < 1.29 is 0 Å². The van der Waals surface area contributed by atoms with Crippen LogP contribution in [0.5, 0.6) is 0 Å². The lowest BCUT2D eigenvalue weighted by Crippen LogP contribution is -2.08. The monoisotopic (exact) mass is 318 g/mol. The third-order valence-electron chi connectivity index (χ3n) is 3.33. The number of anilines is 3.